The van der Waals surface area contributed by atoms with E-state index in [1.54, 1.807) is 0 Å². The molecule has 7 heteroatoms. The van der Waals surface area contributed by atoms with Crippen LogP contribution in [0.25, 0.3) is 5.69 Å². The van der Waals surface area contributed by atoms with Crippen molar-refractivity contribution in [3.8, 4) is 5.69 Å². The Hall–Kier alpha value is -2.02. The molecule has 2 aromatic carbocycles. The van der Waals surface area contributed by atoms with Crippen molar-refractivity contribution in [1.82, 2.24) is 19.7 Å². The van der Waals surface area contributed by atoms with Gasteiger partial charge in [0.1, 0.15) is 6.54 Å². The van der Waals surface area contributed by atoms with Crippen molar-refractivity contribution in [3.63, 3.8) is 0 Å². The zero-order chi connectivity index (χ0) is 21.4. The first kappa shape index (κ1) is 20.9. The lowest BCUT2D eigenvalue weighted by atomic mass is 10.0. The maximum Gasteiger partial charge on any atom is 0.159 e. The summed E-state index contributed by atoms with van der Waals surface area (Å²) in [7, 11) is 0. The number of benzene rings is 2. The van der Waals surface area contributed by atoms with Crippen LogP contribution in [-0.4, -0.2) is 38.5 Å². The fraction of sp³-hybridized carbons (Fsp3) is 0.375. The molecular weight excluding hydrogens is 474 g/mol. The summed E-state index contributed by atoms with van der Waals surface area (Å²) in [6.07, 6.45) is 3.83. The van der Waals surface area contributed by atoms with Gasteiger partial charge in [-0.25, -0.2) is 0 Å². The highest BCUT2D eigenvalue weighted by Gasteiger charge is 2.28. The summed E-state index contributed by atoms with van der Waals surface area (Å²) in [5.74, 6) is 2.67. The average Bonchev–Trinajstić information content (AvgIpc) is 3.51. The Morgan fingerprint density at radius 3 is 2.74 bits per heavy atom. The van der Waals surface area contributed by atoms with Gasteiger partial charge in [0.2, 0.25) is 0 Å². The second-order valence-corrected chi connectivity index (χ2v) is 9.59. The molecule has 0 amide bonds. The normalized spacial score (nSPS) is 15.4. The lowest BCUT2D eigenvalue weighted by molar-refractivity contribution is 0.247. The van der Waals surface area contributed by atoms with Gasteiger partial charge in [-0.05, 0) is 49.9 Å². The van der Waals surface area contributed by atoms with E-state index < -0.39 is 0 Å². The third-order valence-corrected chi connectivity index (χ3v) is 6.88. The number of aliphatic imine (C=N–C) groups is 1. The van der Waals surface area contributed by atoms with E-state index >= 15 is 0 Å². The Labute approximate surface area is 196 Å². The van der Waals surface area contributed by atoms with E-state index in [1.807, 2.05) is 24.3 Å². The molecule has 5 nitrogen and oxygen atoms in total. The van der Waals surface area contributed by atoms with Crippen molar-refractivity contribution >= 4 is 33.2 Å². The molecule has 31 heavy (non-hydrogen) atoms. The molecule has 3 aromatic rings. The topological polar surface area (TPSA) is 46.3 Å². The van der Waals surface area contributed by atoms with Crippen LogP contribution in [0.15, 0.2) is 51.9 Å². The molecule has 2 heterocycles. The fourth-order valence-corrected chi connectivity index (χ4v) is 5.06. The number of rotatable bonds is 7. The number of hydrogen-bond acceptors (Lipinski definition) is 4. The van der Waals surface area contributed by atoms with Crippen molar-refractivity contribution in [3.05, 3.63) is 74.7 Å². The van der Waals surface area contributed by atoms with E-state index in [0.717, 1.165) is 70.6 Å². The quantitative estimate of drug-likeness (QED) is 0.422. The van der Waals surface area contributed by atoms with Gasteiger partial charge in [-0.3, -0.25) is 14.5 Å². The molecule has 0 saturated heterocycles. The van der Waals surface area contributed by atoms with E-state index in [2.05, 4.69) is 60.7 Å². The van der Waals surface area contributed by atoms with Crippen molar-refractivity contribution in [2.24, 2.45) is 10.9 Å². The van der Waals surface area contributed by atoms with Crippen molar-refractivity contribution in [1.29, 1.82) is 0 Å². The van der Waals surface area contributed by atoms with Crippen molar-refractivity contribution < 1.29 is 0 Å². The van der Waals surface area contributed by atoms with Gasteiger partial charge in [0.05, 0.1) is 17.9 Å². The molecule has 1 aliphatic heterocycles. The summed E-state index contributed by atoms with van der Waals surface area (Å²) in [5.41, 5.74) is 3.88. The number of aromatic nitrogens is 3. The lowest BCUT2D eigenvalue weighted by Crippen LogP contribution is -2.28. The molecule has 2 aliphatic rings. The van der Waals surface area contributed by atoms with Crippen LogP contribution >= 0.6 is 27.5 Å². The molecule has 0 spiro atoms. The average molecular weight is 499 g/mol. The molecule has 0 radical (unpaired) electrons. The summed E-state index contributed by atoms with van der Waals surface area (Å²) in [6.45, 7) is 5.71. The second-order valence-electron chi connectivity index (χ2n) is 8.32. The Balaban J connectivity index is 1.59. The molecular formula is C24H25BrClN5. The van der Waals surface area contributed by atoms with Crippen LogP contribution < -0.4 is 0 Å². The SMILES string of the molecule is CCCN(Cc1nnc2n1-c1cccc(Br)c1C(c1ccccc1Cl)=NC2)CC1CC1. The van der Waals surface area contributed by atoms with Gasteiger partial charge in [-0.15, -0.1) is 10.2 Å². The van der Waals surface area contributed by atoms with Gasteiger partial charge >= 0.3 is 0 Å². The fourth-order valence-electron chi connectivity index (χ4n) is 4.29. The van der Waals surface area contributed by atoms with Crippen LogP contribution in [0.2, 0.25) is 5.02 Å². The zero-order valence-corrected chi connectivity index (χ0v) is 19.9. The lowest BCUT2D eigenvalue weighted by Gasteiger charge is -2.22. The van der Waals surface area contributed by atoms with E-state index in [4.69, 9.17) is 16.6 Å². The van der Waals surface area contributed by atoms with Crippen LogP contribution in [0.3, 0.4) is 0 Å². The highest BCUT2D eigenvalue weighted by Crippen LogP contribution is 2.34. The van der Waals surface area contributed by atoms with E-state index in [0.29, 0.717) is 11.6 Å². The monoisotopic (exact) mass is 497 g/mol. The Bertz CT molecular complexity index is 1130. The maximum absolute atomic E-state index is 6.57. The largest absolute Gasteiger partial charge is 0.296 e. The molecule has 0 unspecified atom stereocenters. The Morgan fingerprint density at radius 1 is 1.13 bits per heavy atom. The van der Waals surface area contributed by atoms with Gasteiger partial charge in [-0.2, -0.15) is 0 Å². The highest BCUT2D eigenvalue weighted by molar-refractivity contribution is 9.10. The summed E-state index contributed by atoms with van der Waals surface area (Å²) in [6, 6.07) is 14.1. The predicted molar refractivity (Wildman–Crippen MR) is 128 cm³/mol. The molecule has 1 fully saturated rings. The van der Waals surface area contributed by atoms with Gasteiger partial charge in [0, 0.05) is 27.2 Å². The number of nitrogens with zero attached hydrogens (tertiary/aromatic N) is 5. The molecule has 1 aromatic heterocycles. The molecule has 160 valence electrons. The smallest absolute Gasteiger partial charge is 0.159 e. The number of fused-ring (bicyclic) bond motifs is 3. The standard InChI is InChI=1S/C24H25BrClN5/c1-2-12-30(14-16-10-11-16)15-22-29-28-21-13-27-24(17-6-3-4-8-19(17)26)23-18(25)7-5-9-20(23)31(21)22/h3-9,16H,2,10-15H2,1H3. The predicted octanol–water partition coefficient (Wildman–Crippen LogP) is 5.66. The van der Waals surface area contributed by atoms with E-state index in [9.17, 15) is 0 Å². The first-order valence-corrected chi connectivity index (χ1v) is 12.1. The summed E-state index contributed by atoms with van der Waals surface area (Å²) in [4.78, 5) is 7.47. The molecule has 1 saturated carbocycles. The molecule has 0 bridgehead atoms. The van der Waals surface area contributed by atoms with Crippen LogP contribution in [0.1, 0.15) is 49.0 Å². The molecule has 0 atom stereocenters. The van der Waals surface area contributed by atoms with Gasteiger partial charge in [0.15, 0.2) is 11.6 Å². The number of halogens is 2. The van der Waals surface area contributed by atoms with E-state index in [-0.39, 0.29) is 0 Å². The summed E-state index contributed by atoms with van der Waals surface area (Å²) < 4.78 is 3.18. The first-order chi connectivity index (χ1) is 15.2. The minimum Gasteiger partial charge on any atom is -0.296 e. The Kier molecular flexibility index (Phi) is 5.95. The maximum atomic E-state index is 6.57. The van der Waals surface area contributed by atoms with Crippen molar-refractivity contribution in [2.75, 3.05) is 13.1 Å². The van der Waals surface area contributed by atoms with Gasteiger partial charge in [0.25, 0.3) is 0 Å². The second kappa shape index (κ2) is 8.85. The zero-order valence-electron chi connectivity index (χ0n) is 17.6. The number of hydrogen-bond donors (Lipinski definition) is 0. The van der Waals surface area contributed by atoms with E-state index in [1.165, 1.54) is 12.8 Å². The third-order valence-electron chi connectivity index (χ3n) is 5.89. The van der Waals surface area contributed by atoms with Crippen LogP contribution in [0.5, 0.6) is 0 Å². The third kappa shape index (κ3) is 4.21. The van der Waals surface area contributed by atoms with Crippen LogP contribution in [0, 0.1) is 5.92 Å². The summed E-state index contributed by atoms with van der Waals surface area (Å²) >= 11 is 10.3. The highest BCUT2D eigenvalue weighted by atomic mass is 79.9. The Morgan fingerprint density at radius 2 is 1.97 bits per heavy atom. The van der Waals surface area contributed by atoms with Crippen molar-refractivity contribution in [2.45, 2.75) is 39.3 Å². The minimum absolute atomic E-state index is 0.463. The van der Waals surface area contributed by atoms with Gasteiger partial charge < -0.3 is 0 Å². The first-order valence-electron chi connectivity index (χ1n) is 10.9. The molecule has 1 aliphatic carbocycles. The van der Waals surface area contributed by atoms with Crippen LogP contribution in [0.4, 0.5) is 0 Å². The summed E-state index contributed by atoms with van der Waals surface area (Å²) in [5, 5.41) is 9.82. The molecule has 5 rings (SSSR count). The minimum atomic E-state index is 0.463. The molecule has 0 N–H and O–H groups in total. The van der Waals surface area contributed by atoms with Gasteiger partial charge in [-0.1, -0.05) is 58.7 Å². The van der Waals surface area contributed by atoms with Crippen LogP contribution in [-0.2, 0) is 13.1 Å².